The Morgan fingerprint density at radius 1 is 1.04 bits per heavy atom. The highest BCUT2D eigenvalue weighted by Crippen LogP contribution is 2.34. The third kappa shape index (κ3) is 3.47. The number of benzene rings is 1. The van der Waals surface area contributed by atoms with Crippen LogP contribution in [0.5, 0.6) is 5.88 Å². The van der Waals surface area contributed by atoms with Crippen LogP contribution < -0.4 is 4.74 Å². The van der Waals surface area contributed by atoms with Gasteiger partial charge in [-0.15, -0.1) is 10.2 Å². The lowest BCUT2D eigenvalue weighted by Gasteiger charge is -2.28. The summed E-state index contributed by atoms with van der Waals surface area (Å²) in [5.74, 6) is 2.20. The first-order valence-electron chi connectivity index (χ1n) is 9.26. The van der Waals surface area contributed by atoms with Gasteiger partial charge < -0.3 is 4.74 Å². The molecule has 3 aromatic rings. The van der Waals surface area contributed by atoms with Crippen molar-refractivity contribution >= 4 is 0 Å². The highest BCUT2D eigenvalue weighted by molar-refractivity contribution is 5.43. The first-order valence-corrected chi connectivity index (χ1v) is 9.26. The van der Waals surface area contributed by atoms with Gasteiger partial charge in [0.25, 0.3) is 0 Å². The molecule has 0 aliphatic heterocycles. The van der Waals surface area contributed by atoms with E-state index in [2.05, 4.69) is 51.8 Å². The Hall–Kier alpha value is -2.69. The van der Waals surface area contributed by atoms with E-state index < -0.39 is 0 Å². The van der Waals surface area contributed by atoms with Crippen molar-refractivity contribution in [2.45, 2.75) is 51.6 Å². The molecule has 0 atom stereocenters. The predicted molar refractivity (Wildman–Crippen MR) is 101 cm³/mol. The average molecular weight is 348 g/mol. The van der Waals surface area contributed by atoms with Gasteiger partial charge in [-0.2, -0.15) is 0 Å². The molecule has 0 saturated heterocycles. The fraction of sp³-hybridized carbons (Fsp3) is 0.381. The van der Waals surface area contributed by atoms with Crippen LogP contribution in [0.2, 0.25) is 0 Å². The minimum atomic E-state index is 0.235. The smallest absolute Gasteiger partial charge is 0.213 e. The molecule has 0 unspecified atom stereocenters. The van der Waals surface area contributed by atoms with Crippen molar-refractivity contribution in [2.75, 3.05) is 0 Å². The fourth-order valence-electron chi connectivity index (χ4n) is 3.81. The van der Waals surface area contributed by atoms with Crippen molar-refractivity contribution in [1.82, 2.24) is 19.7 Å². The van der Waals surface area contributed by atoms with Crippen molar-refractivity contribution in [1.29, 1.82) is 0 Å². The molecular weight excluding hydrogens is 324 g/mol. The minimum absolute atomic E-state index is 0.235. The van der Waals surface area contributed by atoms with E-state index in [1.807, 2.05) is 24.5 Å². The lowest BCUT2D eigenvalue weighted by molar-refractivity contribution is 0.139. The first kappa shape index (κ1) is 16.8. The maximum Gasteiger partial charge on any atom is 0.213 e. The van der Waals surface area contributed by atoms with E-state index in [9.17, 15) is 0 Å². The highest BCUT2D eigenvalue weighted by Gasteiger charge is 2.27. The first-order chi connectivity index (χ1) is 12.7. The summed E-state index contributed by atoms with van der Waals surface area (Å²) in [4.78, 5) is 4.26. The van der Waals surface area contributed by atoms with E-state index >= 15 is 0 Å². The topological polar surface area (TPSA) is 52.8 Å². The molecule has 1 aliphatic rings. The maximum absolute atomic E-state index is 6.01. The van der Waals surface area contributed by atoms with Gasteiger partial charge in [-0.1, -0.05) is 23.8 Å². The summed E-state index contributed by atoms with van der Waals surface area (Å²) < 4.78 is 8.17. The number of hydrogen-bond acceptors (Lipinski definition) is 4. The van der Waals surface area contributed by atoms with Crippen molar-refractivity contribution in [2.24, 2.45) is 0 Å². The van der Waals surface area contributed by atoms with Crippen LogP contribution in [0.15, 0.2) is 48.9 Å². The normalized spacial score (nSPS) is 20.1. The standard InChI is InChI=1S/C21H24N4O/c1-15-6-11-19(16(2)13-15)25-14-23-24-21(25)17-7-9-18(10-8-17)26-20-5-3-4-12-22-20/h3-6,11-14,17-18H,7-10H2,1-2H3. The van der Waals surface area contributed by atoms with Crippen molar-refractivity contribution < 1.29 is 4.74 Å². The Balaban J connectivity index is 1.46. The van der Waals surface area contributed by atoms with Crippen molar-refractivity contribution in [3.8, 4) is 11.6 Å². The van der Waals surface area contributed by atoms with E-state index in [1.165, 1.54) is 16.8 Å². The third-order valence-corrected chi connectivity index (χ3v) is 5.15. The van der Waals surface area contributed by atoms with Crippen LogP contribution in [0.4, 0.5) is 0 Å². The summed E-state index contributed by atoms with van der Waals surface area (Å²) >= 11 is 0. The Bertz CT molecular complexity index is 867. The van der Waals surface area contributed by atoms with Gasteiger partial charge in [0.15, 0.2) is 0 Å². The fourth-order valence-corrected chi connectivity index (χ4v) is 3.81. The van der Waals surface area contributed by atoms with Crippen LogP contribution >= 0.6 is 0 Å². The second-order valence-corrected chi connectivity index (χ2v) is 7.11. The van der Waals surface area contributed by atoms with Crippen LogP contribution in [0.1, 0.15) is 48.6 Å². The van der Waals surface area contributed by atoms with E-state index in [-0.39, 0.29) is 6.10 Å². The largest absolute Gasteiger partial charge is 0.474 e. The number of pyridine rings is 1. The van der Waals surface area contributed by atoms with Gasteiger partial charge in [0, 0.05) is 18.2 Å². The molecule has 0 N–H and O–H groups in total. The molecule has 0 spiro atoms. The molecule has 2 aromatic heterocycles. The molecule has 0 radical (unpaired) electrons. The molecule has 4 rings (SSSR count). The molecule has 5 heteroatoms. The number of aryl methyl sites for hydroxylation is 2. The van der Waals surface area contributed by atoms with Crippen molar-refractivity contribution in [3.05, 3.63) is 65.9 Å². The Morgan fingerprint density at radius 2 is 1.88 bits per heavy atom. The van der Waals surface area contributed by atoms with Crippen LogP contribution in [-0.2, 0) is 0 Å². The SMILES string of the molecule is Cc1ccc(-n2cnnc2C2CCC(Oc3ccccn3)CC2)c(C)c1. The van der Waals surface area contributed by atoms with Gasteiger partial charge in [-0.25, -0.2) is 4.98 Å². The van der Waals surface area contributed by atoms with E-state index in [4.69, 9.17) is 4.74 Å². The maximum atomic E-state index is 6.01. The van der Waals surface area contributed by atoms with Crippen LogP contribution in [0.3, 0.4) is 0 Å². The monoisotopic (exact) mass is 348 g/mol. The Morgan fingerprint density at radius 3 is 2.62 bits per heavy atom. The van der Waals surface area contributed by atoms with E-state index in [1.54, 1.807) is 6.20 Å². The number of rotatable bonds is 4. The molecule has 5 nitrogen and oxygen atoms in total. The van der Waals surface area contributed by atoms with E-state index in [0.29, 0.717) is 5.92 Å². The number of nitrogens with zero attached hydrogens (tertiary/aromatic N) is 4. The van der Waals surface area contributed by atoms with Crippen LogP contribution in [0.25, 0.3) is 5.69 Å². The average Bonchev–Trinajstić information content (AvgIpc) is 3.13. The summed E-state index contributed by atoms with van der Waals surface area (Å²) in [6, 6.07) is 12.3. The van der Waals surface area contributed by atoms with Gasteiger partial charge in [0.1, 0.15) is 18.3 Å². The zero-order chi connectivity index (χ0) is 17.9. The molecule has 1 aromatic carbocycles. The quantitative estimate of drug-likeness (QED) is 0.702. The summed E-state index contributed by atoms with van der Waals surface area (Å²) in [7, 11) is 0. The molecule has 0 bridgehead atoms. The van der Waals surface area contributed by atoms with Crippen molar-refractivity contribution in [3.63, 3.8) is 0 Å². The number of ether oxygens (including phenoxy) is 1. The summed E-state index contributed by atoms with van der Waals surface area (Å²) in [5.41, 5.74) is 3.69. The van der Waals surface area contributed by atoms with Crippen LogP contribution in [0, 0.1) is 13.8 Å². The molecule has 2 heterocycles. The highest BCUT2D eigenvalue weighted by atomic mass is 16.5. The third-order valence-electron chi connectivity index (χ3n) is 5.15. The molecule has 134 valence electrons. The molecule has 1 saturated carbocycles. The van der Waals surface area contributed by atoms with Gasteiger partial charge >= 0.3 is 0 Å². The Kier molecular flexibility index (Phi) is 4.69. The second-order valence-electron chi connectivity index (χ2n) is 7.11. The summed E-state index contributed by atoms with van der Waals surface area (Å²) in [6.07, 6.45) is 7.99. The zero-order valence-corrected chi connectivity index (χ0v) is 15.3. The lowest BCUT2D eigenvalue weighted by Crippen LogP contribution is -2.25. The predicted octanol–water partition coefficient (Wildman–Crippen LogP) is 4.38. The Labute approximate surface area is 154 Å². The molecule has 0 amide bonds. The lowest BCUT2D eigenvalue weighted by atomic mass is 9.86. The number of hydrogen-bond donors (Lipinski definition) is 0. The summed E-state index contributed by atoms with van der Waals surface area (Å²) in [6.45, 7) is 4.26. The minimum Gasteiger partial charge on any atom is -0.474 e. The molecule has 1 fully saturated rings. The number of aromatic nitrogens is 4. The molecular formula is C21H24N4O. The zero-order valence-electron chi connectivity index (χ0n) is 15.3. The van der Waals surface area contributed by atoms with Crippen LogP contribution in [-0.4, -0.2) is 25.9 Å². The van der Waals surface area contributed by atoms with Gasteiger partial charge in [0.05, 0.1) is 5.69 Å². The molecule has 1 aliphatic carbocycles. The summed E-state index contributed by atoms with van der Waals surface area (Å²) in [5, 5.41) is 8.64. The second kappa shape index (κ2) is 7.28. The van der Waals surface area contributed by atoms with Gasteiger partial charge in [-0.05, 0) is 57.2 Å². The van der Waals surface area contributed by atoms with Gasteiger partial charge in [-0.3, -0.25) is 4.57 Å². The molecule has 26 heavy (non-hydrogen) atoms. The van der Waals surface area contributed by atoms with E-state index in [0.717, 1.165) is 37.4 Å². The van der Waals surface area contributed by atoms with Gasteiger partial charge in [0.2, 0.25) is 5.88 Å².